The van der Waals surface area contributed by atoms with E-state index in [0.29, 0.717) is 19.1 Å². The molecule has 6 rings (SSSR count). The smallest absolute Gasteiger partial charge is 0.381 e. The molecule has 3 unspecified atom stereocenters. The first-order valence-corrected chi connectivity index (χ1v) is 13.6. The Morgan fingerprint density at radius 2 is 2.08 bits per heavy atom. The fraction of sp³-hybridized carbons (Fsp3) is 0.536. The molecule has 2 N–H and O–H groups in total. The quantitative estimate of drug-likeness (QED) is 0.489. The fourth-order valence-electron chi connectivity index (χ4n) is 6.18. The number of aromatic amines is 1. The molecule has 2 aliphatic heterocycles. The zero-order valence-electron chi connectivity index (χ0n) is 21.5. The number of hydrogen-bond acceptors (Lipinski definition) is 6. The minimum absolute atomic E-state index is 0.0771. The molecule has 3 aliphatic rings. The van der Waals surface area contributed by atoms with Crippen molar-refractivity contribution in [2.24, 2.45) is 0 Å². The Balaban J connectivity index is 1.17. The number of halogens is 3. The molecule has 39 heavy (non-hydrogen) atoms. The molecule has 2 saturated heterocycles. The van der Waals surface area contributed by atoms with Crippen LogP contribution in [0, 0.1) is 0 Å². The Morgan fingerprint density at radius 3 is 2.95 bits per heavy atom. The number of imidazole rings is 1. The summed E-state index contributed by atoms with van der Waals surface area (Å²) in [5.41, 5.74) is 1.61. The minimum Gasteiger partial charge on any atom is -0.381 e. The van der Waals surface area contributed by atoms with Gasteiger partial charge in [-0.25, -0.2) is 4.98 Å². The van der Waals surface area contributed by atoms with Gasteiger partial charge >= 0.3 is 6.18 Å². The highest BCUT2D eigenvalue weighted by Gasteiger charge is 2.40. The van der Waals surface area contributed by atoms with Crippen LogP contribution in [-0.2, 0) is 33.3 Å². The lowest BCUT2D eigenvalue weighted by Crippen LogP contribution is -2.45. The van der Waals surface area contributed by atoms with Gasteiger partial charge in [0.15, 0.2) is 0 Å². The lowest BCUT2D eigenvalue weighted by molar-refractivity contribution is -0.136. The summed E-state index contributed by atoms with van der Waals surface area (Å²) in [5, 5.41) is 3.11. The average Bonchev–Trinajstić information content (AvgIpc) is 3.54. The highest BCUT2D eigenvalue weighted by atomic mass is 19.4. The summed E-state index contributed by atoms with van der Waals surface area (Å²) in [7, 11) is 0. The van der Waals surface area contributed by atoms with E-state index in [1.165, 1.54) is 17.7 Å². The lowest BCUT2D eigenvalue weighted by atomic mass is 10.1. The molecule has 4 atom stereocenters. The summed E-state index contributed by atoms with van der Waals surface area (Å²) in [6, 6.07) is 5.99. The molecule has 1 aromatic carbocycles. The van der Waals surface area contributed by atoms with E-state index in [9.17, 15) is 18.0 Å². The topological polar surface area (TPSA) is 92.4 Å². The SMILES string of the molecule is O=C(Cc1nc2c(C(F)(F)F)cccc2[nH]1)NC1CN(C2CCCOCC2)C[C@@H]1OC1CCc2ccncc21. The number of benzene rings is 1. The average molecular weight is 544 g/mol. The van der Waals surface area contributed by atoms with E-state index in [1.54, 1.807) is 6.20 Å². The molecule has 0 saturated carbocycles. The Kier molecular flexibility index (Phi) is 7.30. The van der Waals surface area contributed by atoms with Gasteiger partial charge in [-0.3, -0.25) is 14.7 Å². The molecular formula is C28H32F3N5O3. The van der Waals surface area contributed by atoms with Crippen molar-refractivity contribution < 1.29 is 27.4 Å². The number of likely N-dealkylation sites (tertiary alicyclic amines) is 1. The number of hydrogen-bond donors (Lipinski definition) is 2. The van der Waals surface area contributed by atoms with Crippen molar-refractivity contribution in [1.82, 2.24) is 25.2 Å². The number of carbonyl (C=O) groups excluding carboxylic acids is 1. The molecule has 11 heteroatoms. The van der Waals surface area contributed by atoms with Crippen molar-refractivity contribution in [3.8, 4) is 0 Å². The Hall–Kier alpha value is -3.02. The molecule has 3 aromatic rings. The van der Waals surface area contributed by atoms with Crippen LogP contribution in [0.3, 0.4) is 0 Å². The van der Waals surface area contributed by atoms with Crippen molar-refractivity contribution in [3.05, 3.63) is 59.2 Å². The number of nitrogens with one attached hydrogen (secondary N) is 2. The number of nitrogens with zero attached hydrogens (tertiary/aromatic N) is 3. The van der Waals surface area contributed by atoms with Crippen molar-refractivity contribution in [3.63, 3.8) is 0 Å². The largest absolute Gasteiger partial charge is 0.418 e. The number of fused-ring (bicyclic) bond motifs is 2. The molecule has 8 nitrogen and oxygen atoms in total. The maximum Gasteiger partial charge on any atom is 0.418 e. The Morgan fingerprint density at radius 1 is 1.18 bits per heavy atom. The van der Waals surface area contributed by atoms with E-state index in [2.05, 4.69) is 25.2 Å². The molecule has 2 aromatic heterocycles. The van der Waals surface area contributed by atoms with Crippen molar-refractivity contribution in [1.29, 1.82) is 0 Å². The number of pyridine rings is 1. The Labute approximate surface area is 224 Å². The van der Waals surface area contributed by atoms with Crippen LogP contribution in [-0.4, -0.2) is 70.2 Å². The number of aryl methyl sites for hydroxylation is 1. The summed E-state index contributed by atoms with van der Waals surface area (Å²) in [5.74, 6) is -0.107. The van der Waals surface area contributed by atoms with Crippen LogP contribution in [0.5, 0.6) is 0 Å². The first kappa shape index (κ1) is 26.2. The third-order valence-electron chi connectivity index (χ3n) is 8.08. The van der Waals surface area contributed by atoms with Gasteiger partial charge in [-0.05, 0) is 55.9 Å². The normalized spacial score (nSPS) is 26.0. The standard InChI is InChI=1S/C28H32F3N5O3/c29-28(30,31)20-4-1-5-21-27(20)35-25(33-21)13-26(37)34-22-15-36(18-3-2-11-38-12-9-18)16-24(22)39-23-7-6-17-8-10-32-14-19(17)23/h1,4-5,8,10,14,18,22-24H,2-3,6-7,9,11-13,15-16H2,(H,33,35)(H,34,37)/t18?,22?,23?,24-/m0/s1. The molecular weight excluding hydrogens is 511 g/mol. The lowest BCUT2D eigenvalue weighted by Gasteiger charge is -2.26. The van der Waals surface area contributed by atoms with Gasteiger partial charge in [-0.15, -0.1) is 0 Å². The highest BCUT2D eigenvalue weighted by molar-refractivity contribution is 5.82. The van der Waals surface area contributed by atoms with Crippen LogP contribution in [0.4, 0.5) is 13.2 Å². The van der Waals surface area contributed by atoms with Gasteiger partial charge in [0.05, 0.1) is 35.8 Å². The van der Waals surface area contributed by atoms with Crippen LogP contribution < -0.4 is 5.32 Å². The number of carbonyl (C=O) groups is 1. The van der Waals surface area contributed by atoms with Crippen molar-refractivity contribution >= 4 is 16.9 Å². The predicted molar refractivity (Wildman–Crippen MR) is 137 cm³/mol. The van der Waals surface area contributed by atoms with Crippen LogP contribution in [0.15, 0.2) is 36.7 Å². The van der Waals surface area contributed by atoms with Gasteiger partial charge < -0.3 is 19.8 Å². The summed E-state index contributed by atoms with van der Waals surface area (Å²) >= 11 is 0. The fourth-order valence-corrected chi connectivity index (χ4v) is 6.18. The molecule has 0 bridgehead atoms. The summed E-state index contributed by atoms with van der Waals surface area (Å²) < 4.78 is 52.5. The number of amides is 1. The van der Waals surface area contributed by atoms with E-state index < -0.39 is 11.7 Å². The summed E-state index contributed by atoms with van der Waals surface area (Å²) in [6.07, 6.45) is 3.46. The second-order valence-corrected chi connectivity index (χ2v) is 10.7. The third kappa shape index (κ3) is 5.66. The molecule has 0 radical (unpaired) electrons. The maximum atomic E-state index is 13.4. The molecule has 4 heterocycles. The first-order chi connectivity index (χ1) is 18.8. The van der Waals surface area contributed by atoms with Gasteiger partial charge in [0, 0.05) is 50.3 Å². The summed E-state index contributed by atoms with van der Waals surface area (Å²) in [6.45, 7) is 2.83. The van der Waals surface area contributed by atoms with Crippen molar-refractivity contribution in [2.45, 2.75) is 69.0 Å². The molecule has 208 valence electrons. The monoisotopic (exact) mass is 543 g/mol. The molecule has 1 aliphatic carbocycles. The van der Waals surface area contributed by atoms with Crippen LogP contribution >= 0.6 is 0 Å². The zero-order valence-corrected chi connectivity index (χ0v) is 21.5. The molecule has 0 spiro atoms. The zero-order chi connectivity index (χ0) is 27.0. The van der Waals surface area contributed by atoms with Gasteiger partial charge in [-0.2, -0.15) is 13.2 Å². The predicted octanol–water partition coefficient (Wildman–Crippen LogP) is 3.96. The number of para-hydroxylation sites is 1. The van der Waals surface area contributed by atoms with E-state index in [1.807, 2.05) is 12.3 Å². The second-order valence-electron chi connectivity index (χ2n) is 10.7. The van der Waals surface area contributed by atoms with E-state index in [-0.39, 0.29) is 47.4 Å². The van der Waals surface area contributed by atoms with Gasteiger partial charge in [0.25, 0.3) is 0 Å². The minimum atomic E-state index is -4.52. The highest BCUT2D eigenvalue weighted by Crippen LogP contribution is 2.36. The third-order valence-corrected chi connectivity index (χ3v) is 8.08. The van der Waals surface area contributed by atoms with Gasteiger partial charge in [-0.1, -0.05) is 6.07 Å². The second kappa shape index (κ2) is 10.9. The van der Waals surface area contributed by atoms with Crippen molar-refractivity contribution in [2.75, 3.05) is 26.3 Å². The first-order valence-electron chi connectivity index (χ1n) is 13.6. The number of alkyl halides is 3. The van der Waals surface area contributed by atoms with E-state index in [4.69, 9.17) is 9.47 Å². The maximum absolute atomic E-state index is 13.4. The van der Waals surface area contributed by atoms with Crippen LogP contribution in [0.25, 0.3) is 11.0 Å². The number of ether oxygens (including phenoxy) is 2. The molecule has 2 fully saturated rings. The Bertz CT molecular complexity index is 1320. The number of rotatable bonds is 6. The van der Waals surface area contributed by atoms with Gasteiger partial charge in [0.1, 0.15) is 11.3 Å². The van der Waals surface area contributed by atoms with Crippen LogP contribution in [0.2, 0.25) is 0 Å². The summed E-state index contributed by atoms with van der Waals surface area (Å²) in [4.78, 5) is 26.8. The van der Waals surface area contributed by atoms with E-state index >= 15 is 0 Å². The van der Waals surface area contributed by atoms with Crippen LogP contribution in [0.1, 0.15) is 54.3 Å². The van der Waals surface area contributed by atoms with E-state index in [0.717, 1.165) is 56.9 Å². The number of aromatic nitrogens is 3. The molecule has 1 amide bonds. The van der Waals surface area contributed by atoms with Gasteiger partial charge in [0.2, 0.25) is 5.91 Å². The number of H-pyrrole nitrogens is 1.